The predicted octanol–water partition coefficient (Wildman–Crippen LogP) is 2.61. The van der Waals surface area contributed by atoms with E-state index in [2.05, 4.69) is 5.32 Å². The summed E-state index contributed by atoms with van der Waals surface area (Å²) in [5.41, 5.74) is 1.41. The average molecular weight is 360 g/mol. The molecule has 1 heterocycles. The third kappa shape index (κ3) is 5.07. The van der Waals surface area contributed by atoms with E-state index >= 15 is 0 Å². The van der Waals surface area contributed by atoms with Gasteiger partial charge in [0.1, 0.15) is 6.04 Å². The zero-order valence-electron chi connectivity index (χ0n) is 15.7. The molecule has 1 aromatic carbocycles. The molecule has 2 rings (SSSR count). The summed E-state index contributed by atoms with van der Waals surface area (Å²) < 4.78 is 0. The SMILES string of the molecule is Cc1ccccc1C(=O)NC(CC(C)C)C(=O)N1CCCC1CC(=O)O. The van der Waals surface area contributed by atoms with Crippen LogP contribution in [0.5, 0.6) is 0 Å². The van der Waals surface area contributed by atoms with Gasteiger partial charge in [0.25, 0.3) is 5.91 Å². The first kappa shape index (κ1) is 19.9. The molecule has 2 amide bonds. The Morgan fingerprint density at radius 3 is 2.58 bits per heavy atom. The normalized spacial score (nSPS) is 18.0. The van der Waals surface area contributed by atoms with Gasteiger partial charge in [0.15, 0.2) is 0 Å². The number of hydrogen-bond acceptors (Lipinski definition) is 3. The molecule has 142 valence electrons. The topological polar surface area (TPSA) is 86.7 Å². The molecule has 26 heavy (non-hydrogen) atoms. The minimum atomic E-state index is -0.904. The van der Waals surface area contributed by atoms with Crippen LogP contribution in [-0.4, -0.2) is 46.4 Å². The van der Waals surface area contributed by atoms with Gasteiger partial charge in [-0.1, -0.05) is 32.0 Å². The van der Waals surface area contributed by atoms with E-state index in [-0.39, 0.29) is 30.2 Å². The summed E-state index contributed by atoms with van der Waals surface area (Å²) in [6.07, 6.45) is 1.96. The summed E-state index contributed by atoms with van der Waals surface area (Å²) in [5, 5.41) is 12.0. The van der Waals surface area contributed by atoms with Crippen molar-refractivity contribution in [2.45, 2.75) is 58.5 Å². The number of rotatable bonds is 7. The van der Waals surface area contributed by atoms with Crippen molar-refractivity contribution in [1.29, 1.82) is 0 Å². The number of carboxylic acids is 1. The molecule has 2 unspecified atom stereocenters. The van der Waals surface area contributed by atoms with Crippen molar-refractivity contribution < 1.29 is 19.5 Å². The van der Waals surface area contributed by atoms with Crippen LogP contribution in [0.3, 0.4) is 0 Å². The van der Waals surface area contributed by atoms with E-state index in [4.69, 9.17) is 5.11 Å². The van der Waals surface area contributed by atoms with Gasteiger partial charge in [-0.3, -0.25) is 14.4 Å². The van der Waals surface area contributed by atoms with Gasteiger partial charge in [-0.05, 0) is 43.7 Å². The van der Waals surface area contributed by atoms with Crippen LogP contribution in [0, 0.1) is 12.8 Å². The van der Waals surface area contributed by atoms with Crippen LogP contribution in [0.25, 0.3) is 0 Å². The van der Waals surface area contributed by atoms with Gasteiger partial charge in [0, 0.05) is 18.2 Å². The molecule has 1 aliphatic heterocycles. The van der Waals surface area contributed by atoms with Crippen molar-refractivity contribution in [2.75, 3.05) is 6.54 Å². The van der Waals surface area contributed by atoms with Crippen LogP contribution in [0.2, 0.25) is 0 Å². The van der Waals surface area contributed by atoms with Gasteiger partial charge in [-0.25, -0.2) is 0 Å². The summed E-state index contributed by atoms with van der Waals surface area (Å²) in [7, 11) is 0. The van der Waals surface area contributed by atoms with Crippen LogP contribution in [0.1, 0.15) is 55.5 Å². The lowest BCUT2D eigenvalue weighted by Gasteiger charge is -2.29. The second kappa shape index (κ2) is 8.83. The number of amides is 2. The highest BCUT2D eigenvalue weighted by atomic mass is 16.4. The first-order valence-corrected chi connectivity index (χ1v) is 9.18. The molecule has 0 aliphatic carbocycles. The molecular formula is C20H28N2O4. The summed E-state index contributed by atoms with van der Waals surface area (Å²) in [5.74, 6) is -1.12. The van der Waals surface area contributed by atoms with E-state index in [1.54, 1.807) is 17.0 Å². The lowest BCUT2D eigenvalue weighted by Crippen LogP contribution is -2.51. The largest absolute Gasteiger partial charge is 0.481 e. The van der Waals surface area contributed by atoms with E-state index in [0.29, 0.717) is 24.9 Å². The minimum Gasteiger partial charge on any atom is -0.481 e. The first-order chi connectivity index (χ1) is 12.3. The second-order valence-corrected chi connectivity index (χ2v) is 7.40. The zero-order valence-corrected chi connectivity index (χ0v) is 15.7. The standard InChI is InChI=1S/C20H28N2O4/c1-13(2)11-17(21-19(25)16-9-5-4-7-14(16)3)20(26)22-10-6-8-15(22)12-18(23)24/h4-5,7,9,13,15,17H,6,8,10-12H2,1-3H3,(H,21,25)(H,23,24). The maximum Gasteiger partial charge on any atom is 0.305 e. The minimum absolute atomic E-state index is 0.0497. The number of aliphatic carboxylic acids is 1. The molecule has 6 nitrogen and oxygen atoms in total. The Morgan fingerprint density at radius 2 is 1.96 bits per heavy atom. The summed E-state index contributed by atoms with van der Waals surface area (Å²) >= 11 is 0. The van der Waals surface area contributed by atoms with Crippen LogP contribution in [0.4, 0.5) is 0 Å². The van der Waals surface area contributed by atoms with Crippen molar-refractivity contribution in [2.24, 2.45) is 5.92 Å². The molecular weight excluding hydrogens is 332 g/mol. The van der Waals surface area contributed by atoms with E-state index in [9.17, 15) is 14.4 Å². The molecule has 1 fully saturated rings. The van der Waals surface area contributed by atoms with Gasteiger partial charge < -0.3 is 15.3 Å². The molecule has 2 N–H and O–H groups in total. The molecule has 0 bridgehead atoms. The Balaban J connectivity index is 2.15. The molecule has 0 spiro atoms. The van der Waals surface area contributed by atoms with Crippen molar-refractivity contribution in [1.82, 2.24) is 10.2 Å². The van der Waals surface area contributed by atoms with Gasteiger partial charge in [0.05, 0.1) is 6.42 Å². The van der Waals surface area contributed by atoms with Crippen LogP contribution >= 0.6 is 0 Å². The summed E-state index contributed by atoms with van der Waals surface area (Å²) in [6.45, 7) is 6.40. The molecule has 0 radical (unpaired) electrons. The Kier molecular flexibility index (Phi) is 6.77. The van der Waals surface area contributed by atoms with Gasteiger partial charge in [0.2, 0.25) is 5.91 Å². The molecule has 1 saturated heterocycles. The highest BCUT2D eigenvalue weighted by Crippen LogP contribution is 2.22. The monoisotopic (exact) mass is 360 g/mol. The first-order valence-electron chi connectivity index (χ1n) is 9.18. The molecule has 0 saturated carbocycles. The molecule has 1 aromatic rings. The average Bonchev–Trinajstić information content (AvgIpc) is 3.00. The molecule has 2 atom stereocenters. The number of hydrogen-bond donors (Lipinski definition) is 2. The second-order valence-electron chi connectivity index (χ2n) is 7.40. The molecule has 0 aromatic heterocycles. The third-order valence-electron chi connectivity index (χ3n) is 4.77. The third-order valence-corrected chi connectivity index (χ3v) is 4.77. The fourth-order valence-electron chi connectivity index (χ4n) is 3.50. The molecule has 6 heteroatoms. The smallest absolute Gasteiger partial charge is 0.305 e. The number of carbonyl (C=O) groups excluding carboxylic acids is 2. The lowest BCUT2D eigenvalue weighted by molar-refractivity contribution is -0.140. The van der Waals surface area contributed by atoms with Crippen molar-refractivity contribution >= 4 is 17.8 Å². The van der Waals surface area contributed by atoms with E-state index in [1.165, 1.54) is 0 Å². The van der Waals surface area contributed by atoms with Gasteiger partial charge >= 0.3 is 5.97 Å². The van der Waals surface area contributed by atoms with Crippen LogP contribution < -0.4 is 5.32 Å². The molecule has 1 aliphatic rings. The predicted molar refractivity (Wildman–Crippen MR) is 98.9 cm³/mol. The van der Waals surface area contributed by atoms with E-state index < -0.39 is 12.0 Å². The quantitative estimate of drug-likeness (QED) is 0.782. The van der Waals surface area contributed by atoms with E-state index in [0.717, 1.165) is 12.0 Å². The Bertz CT molecular complexity index is 672. The zero-order chi connectivity index (χ0) is 19.3. The number of carbonyl (C=O) groups is 3. The number of aryl methyl sites for hydroxylation is 1. The lowest BCUT2D eigenvalue weighted by atomic mass is 10.0. The summed E-state index contributed by atoms with van der Waals surface area (Å²) in [6, 6.07) is 6.33. The number of benzene rings is 1. The number of nitrogens with zero attached hydrogens (tertiary/aromatic N) is 1. The van der Waals surface area contributed by atoms with Crippen LogP contribution in [0.15, 0.2) is 24.3 Å². The van der Waals surface area contributed by atoms with Crippen LogP contribution in [-0.2, 0) is 9.59 Å². The number of likely N-dealkylation sites (tertiary alicyclic amines) is 1. The Morgan fingerprint density at radius 1 is 1.27 bits per heavy atom. The maximum absolute atomic E-state index is 13.0. The number of nitrogens with one attached hydrogen (secondary N) is 1. The summed E-state index contributed by atoms with van der Waals surface area (Å²) in [4.78, 5) is 38.4. The Labute approximate surface area is 154 Å². The maximum atomic E-state index is 13.0. The van der Waals surface area contributed by atoms with Crippen molar-refractivity contribution in [3.63, 3.8) is 0 Å². The highest BCUT2D eigenvalue weighted by molar-refractivity contribution is 5.98. The Hall–Kier alpha value is -2.37. The van der Waals surface area contributed by atoms with Gasteiger partial charge in [-0.15, -0.1) is 0 Å². The van der Waals surface area contributed by atoms with Crippen molar-refractivity contribution in [3.8, 4) is 0 Å². The van der Waals surface area contributed by atoms with E-state index in [1.807, 2.05) is 32.9 Å². The highest BCUT2D eigenvalue weighted by Gasteiger charge is 2.35. The van der Waals surface area contributed by atoms with Gasteiger partial charge in [-0.2, -0.15) is 0 Å². The van der Waals surface area contributed by atoms with Crippen molar-refractivity contribution in [3.05, 3.63) is 35.4 Å². The number of carboxylic acid groups (broad SMARTS) is 1. The fraction of sp³-hybridized carbons (Fsp3) is 0.550. The fourth-order valence-corrected chi connectivity index (χ4v) is 3.50.